The summed E-state index contributed by atoms with van der Waals surface area (Å²) in [4.78, 5) is 2.38. The Morgan fingerprint density at radius 2 is 2.07 bits per heavy atom. The zero-order valence-corrected chi connectivity index (χ0v) is 9.04. The molecule has 0 spiro atoms. The Bertz CT molecular complexity index is 321. The van der Waals surface area contributed by atoms with Gasteiger partial charge < -0.3 is 5.32 Å². The maximum Gasteiger partial charge on any atom is 0.123 e. The molecular weight excluding hydrogens is 191 g/mol. The topological polar surface area (TPSA) is 15.3 Å². The van der Waals surface area contributed by atoms with E-state index >= 15 is 0 Å². The average Bonchev–Trinajstić information content (AvgIpc) is 2.29. The summed E-state index contributed by atoms with van der Waals surface area (Å²) >= 11 is 0. The van der Waals surface area contributed by atoms with Gasteiger partial charge in [0.1, 0.15) is 5.82 Å². The molecule has 0 unspecified atom stereocenters. The van der Waals surface area contributed by atoms with E-state index in [1.807, 2.05) is 6.07 Å². The van der Waals surface area contributed by atoms with Crippen molar-refractivity contribution in [2.45, 2.75) is 13.0 Å². The van der Waals surface area contributed by atoms with Gasteiger partial charge >= 0.3 is 0 Å². The Morgan fingerprint density at radius 1 is 1.33 bits per heavy atom. The summed E-state index contributed by atoms with van der Waals surface area (Å²) in [5.41, 5.74) is 1.07. The maximum atomic E-state index is 13.1. The number of nitrogens with one attached hydrogen (secondary N) is 1. The first-order valence-electron chi connectivity index (χ1n) is 5.47. The highest BCUT2D eigenvalue weighted by Crippen LogP contribution is 2.20. The van der Waals surface area contributed by atoms with Crippen LogP contribution in [0.3, 0.4) is 0 Å². The van der Waals surface area contributed by atoms with Gasteiger partial charge in [-0.1, -0.05) is 12.1 Å². The third-order valence-corrected chi connectivity index (χ3v) is 3.03. The van der Waals surface area contributed by atoms with Gasteiger partial charge in [-0.2, -0.15) is 0 Å². The summed E-state index contributed by atoms with van der Waals surface area (Å²) in [6, 6.07) is 7.21. The van der Waals surface area contributed by atoms with Crippen LogP contribution in [0.1, 0.15) is 18.5 Å². The Kier molecular flexibility index (Phi) is 3.34. The third-order valence-electron chi connectivity index (χ3n) is 3.03. The van der Waals surface area contributed by atoms with E-state index in [-0.39, 0.29) is 5.82 Å². The number of rotatable bonds is 2. The molecule has 0 aliphatic carbocycles. The van der Waals surface area contributed by atoms with Crippen molar-refractivity contribution in [3.05, 3.63) is 35.6 Å². The minimum Gasteiger partial charge on any atom is -0.314 e. The smallest absolute Gasteiger partial charge is 0.123 e. The molecule has 0 aromatic heterocycles. The van der Waals surface area contributed by atoms with Crippen LogP contribution in [0, 0.1) is 5.82 Å². The zero-order chi connectivity index (χ0) is 10.7. The minimum atomic E-state index is -0.144. The molecule has 1 atom stereocenters. The van der Waals surface area contributed by atoms with Crippen LogP contribution in [0.5, 0.6) is 0 Å². The molecule has 1 aromatic rings. The second kappa shape index (κ2) is 4.73. The van der Waals surface area contributed by atoms with Gasteiger partial charge in [0.05, 0.1) is 0 Å². The van der Waals surface area contributed by atoms with Crippen LogP contribution in [0.15, 0.2) is 24.3 Å². The standard InChI is InChI=1S/C12H17FN2/c1-10(15-7-5-14-6-8-15)11-3-2-4-12(13)9-11/h2-4,9-10,14H,5-8H2,1H3/t10-/m1/s1. The van der Waals surface area contributed by atoms with Crippen molar-refractivity contribution >= 4 is 0 Å². The van der Waals surface area contributed by atoms with Crippen LogP contribution in [0.25, 0.3) is 0 Å². The van der Waals surface area contributed by atoms with E-state index in [1.54, 1.807) is 12.1 Å². The van der Waals surface area contributed by atoms with Crippen LogP contribution in [-0.2, 0) is 0 Å². The molecule has 1 N–H and O–H groups in total. The Labute approximate surface area is 90.1 Å². The fourth-order valence-corrected chi connectivity index (χ4v) is 2.05. The zero-order valence-electron chi connectivity index (χ0n) is 9.04. The minimum absolute atomic E-state index is 0.144. The van der Waals surface area contributed by atoms with Crippen molar-refractivity contribution < 1.29 is 4.39 Å². The van der Waals surface area contributed by atoms with Crippen molar-refractivity contribution in [2.24, 2.45) is 0 Å². The van der Waals surface area contributed by atoms with Gasteiger partial charge in [-0.15, -0.1) is 0 Å². The Balaban J connectivity index is 2.08. The predicted molar refractivity (Wildman–Crippen MR) is 59.3 cm³/mol. The van der Waals surface area contributed by atoms with Gasteiger partial charge in [0.2, 0.25) is 0 Å². The summed E-state index contributed by atoms with van der Waals surface area (Å²) in [5, 5.41) is 3.32. The highest BCUT2D eigenvalue weighted by molar-refractivity contribution is 5.19. The number of hydrogen-bond acceptors (Lipinski definition) is 2. The van der Waals surface area contributed by atoms with Crippen LogP contribution in [0.4, 0.5) is 4.39 Å². The van der Waals surface area contributed by atoms with Crippen molar-refractivity contribution in [3.63, 3.8) is 0 Å². The Hall–Kier alpha value is -0.930. The first kappa shape index (κ1) is 10.6. The number of piperazine rings is 1. The molecule has 1 saturated heterocycles. The molecule has 0 amide bonds. The molecule has 15 heavy (non-hydrogen) atoms. The molecule has 1 fully saturated rings. The normalized spacial score (nSPS) is 20.1. The van der Waals surface area contributed by atoms with Gasteiger partial charge in [-0.25, -0.2) is 4.39 Å². The van der Waals surface area contributed by atoms with Crippen LogP contribution in [-0.4, -0.2) is 31.1 Å². The average molecular weight is 208 g/mol. The van der Waals surface area contributed by atoms with Gasteiger partial charge in [-0.3, -0.25) is 4.90 Å². The van der Waals surface area contributed by atoms with Crippen LogP contribution >= 0.6 is 0 Å². The van der Waals surface area contributed by atoms with Gasteiger partial charge in [0.15, 0.2) is 0 Å². The van der Waals surface area contributed by atoms with Crippen LogP contribution < -0.4 is 5.32 Å². The number of nitrogens with zero attached hydrogens (tertiary/aromatic N) is 1. The van der Waals surface area contributed by atoms with Crippen molar-refractivity contribution in [1.82, 2.24) is 10.2 Å². The van der Waals surface area contributed by atoms with E-state index in [0.717, 1.165) is 31.7 Å². The molecule has 0 bridgehead atoms. The van der Waals surface area contributed by atoms with Crippen molar-refractivity contribution in [3.8, 4) is 0 Å². The first-order chi connectivity index (χ1) is 7.27. The molecule has 2 rings (SSSR count). The number of benzene rings is 1. The molecule has 2 nitrogen and oxygen atoms in total. The SMILES string of the molecule is C[C@H](c1cccc(F)c1)N1CCNCC1. The van der Waals surface area contributed by atoms with Gasteiger partial charge in [0.25, 0.3) is 0 Å². The highest BCUT2D eigenvalue weighted by atomic mass is 19.1. The highest BCUT2D eigenvalue weighted by Gasteiger charge is 2.17. The van der Waals surface area contributed by atoms with Gasteiger partial charge in [0, 0.05) is 32.2 Å². The monoisotopic (exact) mass is 208 g/mol. The summed E-state index contributed by atoms with van der Waals surface area (Å²) in [6.45, 7) is 6.27. The summed E-state index contributed by atoms with van der Waals surface area (Å²) in [5.74, 6) is -0.144. The second-order valence-electron chi connectivity index (χ2n) is 4.02. The van der Waals surface area contributed by atoms with E-state index < -0.39 is 0 Å². The third kappa shape index (κ3) is 2.55. The lowest BCUT2D eigenvalue weighted by Gasteiger charge is -2.33. The van der Waals surface area contributed by atoms with Crippen LogP contribution in [0.2, 0.25) is 0 Å². The first-order valence-corrected chi connectivity index (χ1v) is 5.47. The van der Waals surface area contributed by atoms with Gasteiger partial charge in [-0.05, 0) is 24.6 Å². The molecule has 0 radical (unpaired) electrons. The summed E-state index contributed by atoms with van der Waals surface area (Å²) in [7, 11) is 0. The van der Waals surface area contributed by atoms with E-state index in [2.05, 4.69) is 17.1 Å². The van der Waals surface area contributed by atoms with Crippen molar-refractivity contribution in [2.75, 3.05) is 26.2 Å². The molecule has 82 valence electrons. The van der Waals surface area contributed by atoms with Crippen molar-refractivity contribution in [1.29, 1.82) is 0 Å². The lowest BCUT2D eigenvalue weighted by molar-refractivity contribution is 0.185. The van der Waals surface area contributed by atoms with E-state index in [9.17, 15) is 4.39 Å². The predicted octanol–water partition coefficient (Wildman–Crippen LogP) is 1.79. The van der Waals surface area contributed by atoms with E-state index in [4.69, 9.17) is 0 Å². The summed E-state index contributed by atoms with van der Waals surface area (Å²) < 4.78 is 13.1. The lowest BCUT2D eigenvalue weighted by Crippen LogP contribution is -2.44. The molecule has 1 aliphatic heterocycles. The lowest BCUT2D eigenvalue weighted by atomic mass is 10.1. The fourth-order valence-electron chi connectivity index (χ4n) is 2.05. The fraction of sp³-hybridized carbons (Fsp3) is 0.500. The molecule has 3 heteroatoms. The maximum absolute atomic E-state index is 13.1. The molecule has 0 saturated carbocycles. The molecular formula is C12H17FN2. The molecule has 1 heterocycles. The number of hydrogen-bond donors (Lipinski definition) is 1. The second-order valence-corrected chi connectivity index (χ2v) is 4.02. The Morgan fingerprint density at radius 3 is 2.73 bits per heavy atom. The largest absolute Gasteiger partial charge is 0.314 e. The number of halogens is 1. The summed E-state index contributed by atoms with van der Waals surface area (Å²) in [6.07, 6.45) is 0. The van der Waals surface area contributed by atoms with E-state index in [0.29, 0.717) is 6.04 Å². The quantitative estimate of drug-likeness (QED) is 0.797. The molecule has 1 aromatic carbocycles. The molecule has 1 aliphatic rings. The van der Waals surface area contributed by atoms with E-state index in [1.165, 1.54) is 6.07 Å².